The Morgan fingerprint density at radius 2 is 2.05 bits per heavy atom. The number of nitrogens with zero attached hydrogens (tertiary/aromatic N) is 1. The number of benzene rings is 1. The largest absolute Gasteiger partial charge is 0.598 e. The molecule has 0 aliphatic heterocycles. The molecule has 0 amide bonds. The Labute approximate surface area is 134 Å². The SMILES string of the molecule is CC(C)(C)[S+]([O-])N[C@@H](C[N+](=O)[O-])c1cc(Cl)cc(Br)c1. The van der Waals surface area contributed by atoms with Crippen LogP contribution in [-0.4, -0.2) is 20.8 Å². The molecule has 0 aliphatic carbocycles. The third-order valence-electron chi connectivity index (χ3n) is 2.42. The molecule has 0 aromatic heterocycles. The number of nitrogens with one attached hydrogen (secondary N) is 1. The van der Waals surface area contributed by atoms with E-state index >= 15 is 0 Å². The van der Waals surface area contributed by atoms with Crippen LogP contribution in [0.2, 0.25) is 5.02 Å². The first-order valence-electron chi connectivity index (χ1n) is 5.85. The van der Waals surface area contributed by atoms with Gasteiger partial charge in [-0.05, 0) is 44.5 Å². The first-order valence-corrected chi connectivity index (χ1v) is 8.17. The van der Waals surface area contributed by atoms with Crippen LogP contribution >= 0.6 is 27.5 Å². The van der Waals surface area contributed by atoms with E-state index in [0.29, 0.717) is 10.6 Å². The van der Waals surface area contributed by atoms with Gasteiger partial charge in [-0.2, -0.15) is 0 Å². The lowest BCUT2D eigenvalue weighted by Crippen LogP contribution is -2.43. The van der Waals surface area contributed by atoms with Gasteiger partial charge in [0.15, 0.2) is 0 Å². The Kier molecular flexibility index (Phi) is 6.27. The Hall–Kier alpha value is -0.340. The van der Waals surface area contributed by atoms with E-state index in [1.807, 2.05) is 0 Å². The second kappa shape index (κ2) is 7.09. The fourth-order valence-electron chi connectivity index (χ4n) is 1.44. The summed E-state index contributed by atoms with van der Waals surface area (Å²) in [6.07, 6.45) is 0. The smallest absolute Gasteiger partial charge is 0.227 e. The Morgan fingerprint density at radius 1 is 1.45 bits per heavy atom. The molecular weight excluding hydrogens is 368 g/mol. The summed E-state index contributed by atoms with van der Waals surface area (Å²) in [5, 5.41) is 11.3. The summed E-state index contributed by atoms with van der Waals surface area (Å²) in [5.74, 6) is 0. The quantitative estimate of drug-likeness (QED) is 0.480. The number of hydrogen-bond donors (Lipinski definition) is 1. The summed E-state index contributed by atoms with van der Waals surface area (Å²) in [7, 11) is 0. The molecule has 0 fully saturated rings. The molecule has 1 N–H and O–H groups in total. The zero-order valence-corrected chi connectivity index (χ0v) is 14.5. The van der Waals surface area contributed by atoms with Crippen LogP contribution in [0, 0.1) is 10.1 Å². The molecule has 1 aromatic carbocycles. The van der Waals surface area contributed by atoms with Gasteiger partial charge in [-0.3, -0.25) is 10.1 Å². The van der Waals surface area contributed by atoms with E-state index in [1.165, 1.54) is 0 Å². The van der Waals surface area contributed by atoms with E-state index in [4.69, 9.17) is 11.6 Å². The predicted octanol–water partition coefficient (Wildman–Crippen LogP) is 3.47. The highest BCUT2D eigenvalue weighted by Crippen LogP contribution is 2.26. The molecule has 2 atom stereocenters. The van der Waals surface area contributed by atoms with Crippen LogP contribution in [0.4, 0.5) is 0 Å². The van der Waals surface area contributed by atoms with Gasteiger partial charge in [0.25, 0.3) is 0 Å². The summed E-state index contributed by atoms with van der Waals surface area (Å²) < 4.78 is 15.2. The normalized spacial score (nSPS) is 14.9. The molecule has 112 valence electrons. The molecule has 5 nitrogen and oxygen atoms in total. The molecule has 1 unspecified atom stereocenters. The Morgan fingerprint density at radius 3 is 2.50 bits per heavy atom. The van der Waals surface area contributed by atoms with Gasteiger partial charge in [-0.15, -0.1) is 4.72 Å². The van der Waals surface area contributed by atoms with Gasteiger partial charge >= 0.3 is 0 Å². The molecule has 1 rings (SSSR count). The summed E-state index contributed by atoms with van der Waals surface area (Å²) >= 11 is 7.84. The first-order chi connectivity index (χ1) is 9.09. The van der Waals surface area contributed by atoms with E-state index in [-0.39, 0.29) is 6.54 Å². The lowest BCUT2D eigenvalue weighted by molar-refractivity contribution is -0.483. The average Bonchev–Trinajstić information content (AvgIpc) is 2.24. The topological polar surface area (TPSA) is 78.2 Å². The van der Waals surface area contributed by atoms with Crippen molar-refractivity contribution in [1.82, 2.24) is 4.72 Å². The van der Waals surface area contributed by atoms with Crippen LogP contribution in [0.3, 0.4) is 0 Å². The highest BCUT2D eigenvalue weighted by molar-refractivity contribution is 9.10. The van der Waals surface area contributed by atoms with Crippen molar-refractivity contribution in [3.63, 3.8) is 0 Å². The van der Waals surface area contributed by atoms with Gasteiger partial charge in [-0.1, -0.05) is 27.5 Å². The standard InChI is InChI=1S/C12H16BrClN2O3S/c1-12(2,3)20(19)15-11(7-16(17)18)8-4-9(13)6-10(14)5-8/h4-6,11,15H,7H2,1-3H3/t11-,20?/m0/s1. The molecule has 0 saturated carbocycles. The van der Waals surface area contributed by atoms with Crippen molar-refractivity contribution < 1.29 is 9.48 Å². The van der Waals surface area contributed by atoms with Crippen LogP contribution in [0.1, 0.15) is 32.4 Å². The van der Waals surface area contributed by atoms with E-state index < -0.39 is 27.1 Å². The van der Waals surface area contributed by atoms with Gasteiger partial charge in [-0.25, -0.2) is 0 Å². The van der Waals surface area contributed by atoms with Crippen molar-refractivity contribution in [2.45, 2.75) is 31.6 Å². The second-order valence-electron chi connectivity index (χ2n) is 5.27. The molecule has 0 saturated heterocycles. The van der Waals surface area contributed by atoms with E-state index in [9.17, 15) is 14.7 Å². The highest BCUT2D eigenvalue weighted by atomic mass is 79.9. The van der Waals surface area contributed by atoms with Crippen LogP contribution in [0.25, 0.3) is 0 Å². The van der Waals surface area contributed by atoms with Crippen molar-refractivity contribution in [2.24, 2.45) is 0 Å². The van der Waals surface area contributed by atoms with Crippen LogP contribution < -0.4 is 4.72 Å². The van der Waals surface area contributed by atoms with Crippen molar-refractivity contribution in [1.29, 1.82) is 0 Å². The molecule has 8 heteroatoms. The van der Waals surface area contributed by atoms with Crippen LogP contribution in [0.15, 0.2) is 22.7 Å². The predicted molar refractivity (Wildman–Crippen MR) is 84.8 cm³/mol. The maximum Gasteiger partial charge on any atom is 0.227 e. The minimum absolute atomic E-state index is 0.366. The van der Waals surface area contributed by atoms with Crippen LogP contribution in [-0.2, 0) is 11.4 Å². The van der Waals surface area contributed by atoms with Crippen molar-refractivity contribution in [2.75, 3.05) is 6.54 Å². The number of rotatable bonds is 5. The highest BCUT2D eigenvalue weighted by Gasteiger charge is 2.32. The van der Waals surface area contributed by atoms with Gasteiger partial charge in [0.05, 0.1) is 0 Å². The van der Waals surface area contributed by atoms with E-state index in [2.05, 4.69) is 20.7 Å². The zero-order chi connectivity index (χ0) is 15.5. The molecular formula is C12H16BrClN2O3S. The number of hydrogen-bond acceptors (Lipinski definition) is 4. The first kappa shape index (κ1) is 17.7. The van der Waals surface area contributed by atoms with Gasteiger partial charge in [0.2, 0.25) is 6.54 Å². The summed E-state index contributed by atoms with van der Waals surface area (Å²) in [6.45, 7) is 5.03. The van der Waals surface area contributed by atoms with E-state index in [0.717, 1.165) is 4.47 Å². The van der Waals surface area contributed by atoms with E-state index in [1.54, 1.807) is 39.0 Å². The molecule has 1 aromatic rings. The van der Waals surface area contributed by atoms with Gasteiger partial charge in [0, 0.05) is 25.8 Å². The lowest BCUT2D eigenvalue weighted by Gasteiger charge is -2.26. The fraction of sp³-hybridized carbons (Fsp3) is 0.500. The average molecular weight is 384 g/mol. The van der Waals surface area contributed by atoms with Gasteiger partial charge in [0.1, 0.15) is 10.8 Å². The Balaban J connectivity index is 3.02. The lowest BCUT2D eigenvalue weighted by atomic mass is 10.1. The Bertz CT molecular complexity index is 476. The molecule has 0 spiro atoms. The van der Waals surface area contributed by atoms with Crippen molar-refractivity contribution in [3.8, 4) is 0 Å². The van der Waals surface area contributed by atoms with Gasteiger partial charge < -0.3 is 4.55 Å². The minimum Gasteiger partial charge on any atom is -0.598 e. The molecule has 0 radical (unpaired) electrons. The fourth-order valence-corrected chi connectivity index (χ4v) is 3.15. The summed E-state index contributed by atoms with van der Waals surface area (Å²) in [5.41, 5.74) is 0.624. The molecule has 0 bridgehead atoms. The number of nitro groups is 1. The molecule has 20 heavy (non-hydrogen) atoms. The molecule has 0 aliphatic rings. The zero-order valence-electron chi connectivity index (χ0n) is 11.4. The van der Waals surface area contributed by atoms with Crippen molar-refractivity contribution >= 4 is 38.9 Å². The summed E-state index contributed by atoms with van der Waals surface area (Å²) in [4.78, 5) is 10.4. The molecule has 0 heterocycles. The number of halogens is 2. The minimum atomic E-state index is -1.41. The van der Waals surface area contributed by atoms with Crippen LogP contribution in [0.5, 0.6) is 0 Å². The maximum atomic E-state index is 12.1. The van der Waals surface area contributed by atoms with Crippen molar-refractivity contribution in [3.05, 3.63) is 43.4 Å². The second-order valence-corrected chi connectivity index (χ2v) is 8.62. The maximum absolute atomic E-state index is 12.1. The monoisotopic (exact) mass is 382 g/mol. The third-order valence-corrected chi connectivity index (χ3v) is 4.71. The summed E-state index contributed by atoms with van der Waals surface area (Å²) in [6, 6.07) is 4.38. The third kappa shape index (κ3) is 5.57.